The van der Waals surface area contributed by atoms with E-state index in [1.54, 1.807) is 4.90 Å². The highest BCUT2D eigenvalue weighted by Crippen LogP contribution is 2.56. The minimum absolute atomic E-state index is 0.0126. The van der Waals surface area contributed by atoms with Crippen LogP contribution in [-0.4, -0.2) is 22.3 Å². The first kappa shape index (κ1) is 16.3. The highest BCUT2D eigenvalue weighted by atomic mass is 79.9. The molecule has 3 atom stereocenters. The Morgan fingerprint density at radius 1 is 1.25 bits per heavy atom. The number of likely N-dealkylation sites (tertiary alicyclic amines) is 1. The molecule has 1 saturated carbocycles. The Morgan fingerprint density at radius 2 is 2.00 bits per heavy atom. The number of imide groups is 1. The van der Waals surface area contributed by atoms with Crippen LogP contribution in [-0.2, 0) is 9.59 Å². The Balaban J connectivity index is 1.72. The number of allylic oxidation sites excluding steroid dienone is 4. The summed E-state index contributed by atoms with van der Waals surface area (Å²) in [6, 6.07) is 0. The van der Waals surface area contributed by atoms with Gasteiger partial charge in [-0.3, -0.25) is 14.5 Å². The van der Waals surface area contributed by atoms with Gasteiger partial charge in [-0.15, -0.1) is 0 Å². The fraction of sp³-hybridized carbons (Fsp3) is 0.600. The molecule has 2 fully saturated rings. The maximum atomic E-state index is 13.3. The maximum Gasteiger partial charge on any atom is 0.240 e. The van der Waals surface area contributed by atoms with Crippen LogP contribution in [0.1, 0.15) is 46.0 Å². The van der Waals surface area contributed by atoms with E-state index < -0.39 is 5.41 Å². The van der Waals surface area contributed by atoms with Crippen molar-refractivity contribution in [1.29, 1.82) is 0 Å². The molecule has 0 bridgehead atoms. The third-order valence-corrected chi connectivity index (χ3v) is 7.34. The van der Waals surface area contributed by atoms with Gasteiger partial charge in [-0.05, 0) is 55.3 Å². The molecule has 0 spiro atoms. The van der Waals surface area contributed by atoms with E-state index in [4.69, 9.17) is 0 Å². The summed E-state index contributed by atoms with van der Waals surface area (Å²) < 4.78 is 1.26. The molecule has 0 aromatic carbocycles. The van der Waals surface area contributed by atoms with Crippen molar-refractivity contribution in [2.75, 3.05) is 0 Å². The van der Waals surface area contributed by atoms with Crippen molar-refractivity contribution < 1.29 is 9.59 Å². The lowest BCUT2D eigenvalue weighted by molar-refractivity contribution is -0.160. The van der Waals surface area contributed by atoms with Crippen molar-refractivity contribution in [2.45, 2.75) is 51.5 Å². The Labute approximate surface area is 152 Å². The van der Waals surface area contributed by atoms with Gasteiger partial charge in [-0.25, -0.2) is 0 Å². The van der Waals surface area contributed by atoms with Crippen molar-refractivity contribution in [3.05, 3.63) is 34.9 Å². The fourth-order valence-corrected chi connectivity index (χ4v) is 5.73. The van der Waals surface area contributed by atoms with Crippen LogP contribution in [0.5, 0.6) is 0 Å². The number of nitrogens with zero attached hydrogens (tertiary/aromatic N) is 1. The predicted molar refractivity (Wildman–Crippen MR) is 97.2 cm³/mol. The lowest BCUT2D eigenvalue weighted by Crippen LogP contribution is -2.64. The summed E-state index contributed by atoms with van der Waals surface area (Å²) in [6.07, 6.45) is 14.8. The fourth-order valence-electron chi connectivity index (χ4n) is 5.31. The third-order valence-electron chi connectivity index (χ3n) is 6.62. The molecule has 0 aromatic heterocycles. The van der Waals surface area contributed by atoms with E-state index in [1.165, 1.54) is 4.48 Å². The summed E-state index contributed by atoms with van der Waals surface area (Å²) in [6.45, 7) is 4.15. The number of fused-ring (bicyclic) bond motifs is 1. The zero-order valence-electron chi connectivity index (χ0n) is 14.3. The number of hydrogen-bond donors (Lipinski definition) is 0. The average molecular weight is 390 g/mol. The van der Waals surface area contributed by atoms with E-state index in [-0.39, 0.29) is 23.3 Å². The van der Waals surface area contributed by atoms with Crippen LogP contribution in [0.2, 0.25) is 0 Å². The number of rotatable bonds is 2. The molecule has 4 rings (SSSR count). The van der Waals surface area contributed by atoms with Gasteiger partial charge in [-0.2, -0.15) is 0 Å². The molecule has 3 aliphatic carbocycles. The van der Waals surface area contributed by atoms with Crippen molar-refractivity contribution in [3.63, 3.8) is 0 Å². The van der Waals surface area contributed by atoms with Crippen LogP contribution in [0.15, 0.2) is 34.9 Å². The molecule has 4 aliphatic rings. The Kier molecular flexibility index (Phi) is 3.68. The average Bonchev–Trinajstić information content (AvgIpc) is 2.73. The van der Waals surface area contributed by atoms with Gasteiger partial charge in [-0.1, -0.05) is 53.2 Å². The van der Waals surface area contributed by atoms with Crippen LogP contribution in [0.3, 0.4) is 0 Å². The van der Waals surface area contributed by atoms with Crippen molar-refractivity contribution >= 4 is 27.7 Å². The second-order valence-electron chi connectivity index (χ2n) is 8.22. The van der Waals surface area contributed by atoms with E-state index in [9.17, 15) is 9.59 Å². The molecule has 0 N–H and O–H groups in total. The maximum absolute atomic E-state index is 13.3. The monoisotopic (exact) mass is 389 g/mol. The van der Waals surface area contributed by atoms with Gasteiger partial charge in [0, 0.05) is 0 Å². The SMILES string of the molecule is CC1CC(C2CC=C(Br)CC2)(N2C(=O)C3C=CC=CC3(C)C2=O)C1. The van der Waals surface area contributed by atoms with E-state index in [0.29, 0.717) is 11.8 Å². The highest BCUT2D eigenvalue weighted by Gasteiger charge is 2.64. The predicted octanol–water partition coefficient (Wildman–Crippen LogP) is 4.35. The van der Waals surface area contributed by atoms with Crippen LogP contribution < -0.4 is 0 Å². The molecule has 3 nitrogen and oxygen atoms in total. The quantitative estimate of drug-likeness (QED) is 0.658. The topological polar surface area (TPSA) is 37.4 Å². The van der Waals surface area contributed by atoms with Gasteiger partial charge in [0.25, 0.3) is 0 Å². The molecule has 1 heterocycles. The number of amides is 2. The van der Waals surface area contributed by atoms with Gasteiger partial charge in [0.05, 0.1) is 16.9 Å². The zero-order chi connectivity index (χ0) is 17.1. The second-order valence-corrected chi connectivity index (χ2v) is 9.24. The van der Waals surface area contributed by atoms with E-state index in [1.807, 2.05) is 31.2 Å². The molecule has 24 heavy (non-hydrogen) atoms. The summed E-state index contributed by atoms with van der Waals surface area (Å²) in [5.74, 6) is 0.678. The molecular formula is C20H24BrNO2. The second kappa shape index (κ2) is 5.42. The van der Waals surface area contributed by atoms with Gasteiger partial charge in [0.15, 0.2) is 0 Å². The van der Waals surface area contributed by atoms with Crippen LogP contribution in [0.25, 0.3) is 0 Å². The Bertz CT molecular complexity index is 686. The first-order valence-corrected chi connectivity index (χ1v) is 9.77. The van der Waals surface area contributed by atoms with E-state index in [0.717, 1.165) is 32.1 Å². The summed E-state index contributed by atoms with van der Waals surface area (Å²) >= 11 is 3.60. The first-order valence-electron chi connectivity index (χ1n) is 8.97. The van der Waals surface area contributed by atoms with Gasteiger partial charge in [0.1, 0.15) is 0 Å². The molecule has 0 radical (unpaired) electrons. The number of carbonyl (C=O) groups is 2. The lowest BCUT2D eigenvalue weighted by Gasteiger charge is -2.56. The normalized spacial score (nSPS) is 44.4. The van der Waals surface area contributed by atoms with Gasteiger partial charge in [0.2, 0.25) is 11.8 Å². The summed E-state index contributed by atoms with van der Waals surface area (Å²) in [7, 11) is 0. The first-order chi connectivity index (χ1) is 11.4. The van der Waals surface area contributed by atoms with Crippen molar-refractivity contribution in [2.24, 2.45) is 23.2 Å². The molecule has 1 saturated heterocycles. The largest absolute Gasteiger partial charge is 0.275 e. The lowest BCUT2D eigenvalue weighted by atomic mass is 9.59. The molecule has 128 valence electrons. The standard InChI is InChI=1S/C20H24BrNO2/c1-13-11-20(12-13,14-6-8-15(21)9-7-14)22-17(23)16-5-3-4-10-19(16,2)18(22)24/h3-5,8,10,13-14,16H,6-7,9,11-12H2,1-2H3. The molecule has 4 heteroatoms. The van der Waals surface area contributed by atoms with Crippen molar-refractivity contribution in [1.82, 2.24) is 4.90 Å². The summed E-state index contributed by atoms with van der Waals surface area (Å²) in [5, 5.41) is 0. The summed E-state index contributed by atoms with van der Waals surface area (Å²) in [5.41, 5.74) is -0.956. The molecular weight excluding hydrogens is 366 g/mol. The van der Waals surface area contributed by atoms with Gasteiger partial charge >= 0.3 is 0 Å². The van der Waals surface area contributed by atoms with Crippen molar-refractivity contribution in [3.8, 4) is 0 Å². The smallest absolute Gasteiger partial charge is 0.240 e. The molecule has 0 aromatic rings. The molecule has 3 unspecified atom stereocenters. The number of hydrogen-bond acceptors (Lipinski definition) is 2. The highest BCUT2D eigenvalue weighted by molar-refractivity contribution is 9.11. The van der Waals surface area contributed by atoms with E-state index >= 15 is 0 Å². The summed E-state index contributed by atoms with van der Waals surface area (Å²) in [4.78, 5) is 28.2. The van der Waals surface area contributed by atoms with Gasteiger partial charge < -0.3 is 0 Å². The van der Waals surface area contributed by atoms with Crippen LogP contribution in [0.4, 0.5) is 0 Å². The van der Waals surface area contributed by atoms with Crippen LogP contribution in [0, 0.1) is 23.2 Å². The van der Waals surface area contributed by atoms with Crippen LogP contribution >= 0.6 is 15.9 Å². The Hall–Kier alpha value is -1.16. The third kappa shape index (κ3) is 2.08. The molecule has 2 amide bonds. The van der Waals surface area contributed by atoms with E-state index in [2.05, 4.69) is 28.9 Å². The number of carbonyl (C=O) groups excluding carboxylic acids is 2. The zero-order valence-corrected chi connectivity index (χ0v) is 15.9. The molecule has 1 aliphatic heterocycles. The minimum Gasteiger partial charge on any atom is -0.275 e. The Morgan fingerprint density at radius 3 is 2.58 bits per heavy atom. The minimum atomic E-state index is -0.692. The number of halogens is 1.